The zero-order chi connectivity index (χ0) is 16.5. The van der Waals surface area contributed by atoms with Crippen molar-refractivity contribution in [2.24, 2.45) is 5.16 Å². The topological polar surface area (TPSA) is 45.5 Å². The molecule has 120 valence electrons. The Bertz CT molecular complexity index is 927. The van der Waals surface area contributed by atoms with Crippen LogP contribution in [0.25, 0.3) is 11.1 Å². The average molecular weight is 334 g/mol. The van der Waals surface area contributed by atoms with E-state index in [-0.39, 0.29) is 0 Å². The van der Waals surface area contributed by atoms with Gasteiger partial charge >= 0.3 is 0 Å². The van der Waals surface area contributed by atoms with Crippen LogP contribution in [-0.2, 0) is 12.8 Å². The summed E-state index contributed by atoms with van der Waals surface area (Å²) in [6.45, 7) is 2.04. The molecule has 24 heavy (non-hydrogen) atoms. The van der Waals surface area contributed by atoms with Crippen molar-refractivity contribution in [1.82, 2.24) is 4.98 Å². The highest BCUT2D eigenvalue weighted by molar-refractivity contribution is 7.09. The van der Waals surface area contributed by atoms with E-state index in [4.69, 9.17) is 0 Å². The fourth-order valence-electron chi connectivity index (χ4n) is 3.35. The van der Waals surface area contributed by atoms with Crippen LogP contribution in [0.5, 0.6) is 0 Å². The first-order valence-corrected chi connectivity index (χ1v) is 9.00. The minimum atomic E-state index is 0.678. The smallest absolute Gasteiger partial charge is 0.118 e. The number of rotatable bonds is 4. The summed E-state index contributed by atoms with van der Waals surface area (Å²) in [7, 11) is 0. The molecule has 0 aliphatic heterocycles. The second kappa shape index (κ2) is 6.21. The Balaban J connectivity index is 1.55. The number of thiazole rings is 1. The highest BCUT2D eigenvalue weighted by Crippen LogP contribution is 2.37. The summed E-state index contributed by atoms with van der Waals surface area (Å²) < 4.78 is 0. The molecule has 0 saturated carbocycles. The van der Waals surface area contributed by atoms with Crippen molar-refractivity contribution in [1.29, 1.82) is 0 Å². The third-order valence-electron chi connectivity index (χ3n) is 4.48. The number of fused-ring (bicyclic) bond motifs is 3. The Morgan fingerprint density at radius 2 is 1.79 bits per heavy atom. The Labute approximate surface area is 145 Å². The minimum absolute atomic E-state index is 0.678. The Kier molecular flexibility index (Phi) is 3.90. The third kappa shape index (κ3) is 2.63. The van der Waals surface area contributed by atoms with Gasteiger partial charge in [-0.05, 0) is 48.9 Å². The lowest BCUT2D eigenvalue weighted by Crippen LogP contribution is -1.99. The van der Waals surface area contributed by atoms with E-state index in [0.717, 1.165) is 46.5 Å². The molecule has 1 aromatic heterocycles. The van der Waals surface area contributed by atoms with Crippen LogP contribution >= 0.6 is 11.3 Å². The highest BCUT2D eigenvalue weighted by Gasteiger charge is 2.25. The van der Waals surface area contributed by atoms with Gasteiger partial charge < -0.3 is 5.21 Å². The maximum absolute atomic E-state index is 9.46. The van der Waals surface area contributed by atoms with E-state index < -0.39 is 0 Å². The predicted octanol–water partition coefficient (Wildman–Crippen LogP) is 4.83. The Hall–Kier alpha value is -2.46. The molecule has 4 rings (SSSR count). The van der Waals surface area contributed by atoms with Crippen LogP contribution < -0.4 is 0 Å². The van der Waals surface area contributed by atoms with Crippen LogP contribution in [0.1, 0.15) is 33.8 Å². The molecule has 1 aliphatic rings. The molecule has 0 radical (unpaired) electrons. The summed E-state index contributed by atoms with van der Waals surface area (Å²) in [6.07, 6.45) is 3.07. The van der Waals surface area contributed by atoms with Gasteiger partial charge in [-0.25, -0.2) is 4.98 Å². The van der Waals surface area contributed by atoms with Gasteiger partial charge in [0.2, 0.25) is 0 Å². The molecule has 0 amide bonds. The van der Waals surface area contributed by atoms with E-state index in [0.29, 0.717) is 5.71 Å². The highest BCUT2D eigenvalue weighted by atomic mass is 32.1. The van der Waals surface area contributed by atoms with Crippen molar-refractivity contribution in [3.63, 3.8) is 0 Å². The second-order valence-corrected chi connectivity index (χ2v) is 7.15. The molecule has 0 atom stereocenters. The van der Waals surface area contributed by atoms with E-state index in [9.17, 15) is 5.21 Å². The lowest BCUT2D eigenvalue weighted by molar-refractivity contribution is 0.320. The number of hydrogen-bond acceptors (Lipinski definition) is 4. The molecule has 1 heterocycles. The van der Waals surface area contributed by atoms with Gasteiger partial charge in [-0.3, -0.25) is 0 Å². The maximum atomic E-state index is 9.46. The number of oxime groups is 1. The summed E-state index contributed by atoms with van der Waals surface area (Å²) >= 11 is 1.71. The molecule has 1 aliphatic carbocycles. The van der Waals surface area contributed by atoms with Gasteiger partial charge in [0, 0.05) is 16.5 Å². The molecule has 4 heteroatoms. The minimum Gasteiger partial charge on any atom is -0.410 e. The number of nitrogens with zero attached hydrogens (tertiary/aromatic N) is 2. The zero-order valence-corrected chi connectivity index (χ0v) is 14.3. The molecule has 1 N–H and O–H groups in total. The van der Waals surface area contributed by atoms with Crippen molar-refractivity contribution in [3.8, 4) is 11.1 Å². The fourth-order valence-corrected chi connectivity index (χ4v) is 4.00. The SMILES string of the molecule is Cc1nc(CCCc2ccc3c(c2)/C(=N\O)c2ccccc2-3)cs1. The normalized spacial score (nSPS) is 14.0. The van der Waals surface area contributed by atoms with Gasteiger partial charge in [0.15, 0.2) is 0 Å². The maximum Gasteiger partial charge on any atom is 0.118 e. The summed E-state index contributed by atoms with van der Waals surface area (Å²) in [5.41, 5.74) is 7.46. The average Bonchev–Trinajstić information content (AvgIpc) is 3.15. The standard InChI is InChI=1S/C20H18N2OS/c1-13-21-15(12-24-13)6-4-5-14-9-10-17-16-7-2-3-8-18(16)20(22-23)19(17)11-14/h2-3,7-12,23H,4-6H2,1H3/b22-20-. The second-order valence-electron chi connectivity index (χ2n) is 6.09. The van der Waals surface area contributed by atoms with Gasteiger partial charge in [0.1, 0.15) is 5.71 Å². The van der Waals surface area contributed by atoms with Gasteiger partial charge in [-0.15, -0.1) is 11.3 Å². The largest absolute Gasteiger partial charge is 0.410 e. The summed E-state index contributed by atoms with van der Waals surface area (Å²) in [4.78, 5) is 4.52. The van der Waals surface area contributed by atoms with Gasteiger partial charge in [-0.2, -0.15) is 0 Å². The lowest BCUT2D eigenvalue weighted by Gasteiger charge is -2.05. The van der Waals surface area contributed by atoms with E-state index >= 15 is 0 Å². The first-order valence-electron chi connectivity index (χ1n) is 8.12. The number of aryl methyl sites for hydroxylation is 3. The zero-order valence-electron chi connectivity index (χ0n) is 13.5. The molecular weight excluding hydrogens is 316 g/mol. The number of aromatic nitrogens is 1. The Morgan fingerprint density at radius 1 is 1.00 bits per heavy atom. The molecule has 0 spiro atoms. The van der Waals surface area contributed by atoms with E-state index in [1.54, 1.807) is 11.3 Å². The molecule has 3 nitrogen and oxygen atoms in total. The van der Waals surface area contributed by atoms with Crippen LogP contribution in [0.2, 0.25) is 0 Å². The quantitative estimate of drug-likeness (QED) is 0.429. The summed E-state index contributed by atoms with van der Waals surface area (Å²) in [6, 6.07) is 14.6. The molecule has 2 aromatic carbocycles. The third-order valence-corrected chi connectivity index (χ3v) is 5.30. The first-order chi connectivity index (χ1) is 11.8. The van der Waals surface area contributed by atoms with Crippen LogP contribution in [0.3, 0.4) is 0 Å². The van der Waals surface area contributed by atoms with Gasteiger partial charge in [0.25, 0.3) is 0 Å². The van der Waals surface area contributed by atoms with E-state index in [1.165, 1.54) is 11.3 Å². The molecule has 0 fully saturated rings. The van der Waals surface area contributed by atoms with Crippen molar-refractivity contribution in [2.75, 3.05) is 0 Å². The monoisotopic (exact) mass is 334 g/mol. The predicted molar refractivity (Wildman–Crippen MR) is 98.2 cm³/mol. The molecule has 0 bridgehead atoms. The van der Waals surface area contributed by atoms with Gasteiger partial charge in [-0.1, -0.05) is 41.6 Å². The van der Waals surface area contributed by atoms with Crippen LogP contribution in [-0.4, -0.2) is 15.9 Å². The molecule has 0 unspecified atom stereocenters. The van der Waals surface area contributed by atoms with Crippen LogP contribution in [0, 0.1) is 6.92 Å². The molecule has 3 aromatic rings. The van der Waals surface area contributed by atoms with Crippen LogP contribution in [0.4, 0.5) is 0 Å². The van der Waals surface area contributed by atoms with Gasteiger partial charge in [0.05, 0.1) is 10.7 Å². The lowest BCUT2D eigenvalue weighted by atomic mass is 10.00. The van der Waals surface area contributed by atoms with Crippen molar-refractivity contribution in [2.45, 2.75) is 26.2 Å². The molecular formula is C20H18N2OS. The van der Waals surface area contributed by atoms with E-state index in [2.05, 4.69) is 39.8 Å². The fraction of sp³-hybridized carbons (Fsp3) is 0.200. The molecule has 0 saturated heterocycles. The van der Waals surface area contributed by atoms with E-state index in [1.807, 2.05) is 25.1 Å². The van der Waals surface area contributed by atoms with Crippen LogP contribution in [0.15, 0.2) is 53.0 Å². The number of benzene rings is 2. The summed E-state index contributed by atoms with van der Waals surface area (Å²) in [5, 5.41) is 16.3. The van der Waals surface area contributed by atoms with Crippen molar-refractivity contribution < 1.29 is 5.21 Å². The summed E-state index contributed by atoms with van der Waals surface area (Å²) in [5.74, 6) is 0. The first kappa shape index (κ1) is 15.1. The van der Waals surface area contributed by atoms with Crippen molar-refractivity contribution in [3.05, 3.63) is 75.2 Å². The number of hydrogen-bond donors (Lipinski definition) is 1. The van der Waals surface area contributed by atoms with Crippen molar-refractivity contribution >= 4 is 17.0 Å². The Morgan fingerprint density at radius 3 is 2.54 bits per heavy atom.